The Kier molecular flexibility index (Phi) is 7.37. The molecular formula is C18H27ClN4O2. The number of piperidine rings is 1. The highest BCUT2D eigenvalue weighted by Crippen LogP contribution is 2.22. The Labute approximate surface area is 154 Å². The Morgan fingerprint density at radius 3 is 2.92 bits per heavy atom. The molecule has 6 nitrogen and oxygen atoms in total. The number of carbonyl (C=O) groups excluding carboxylic acids is 1. The molecular weight excluding hydrogens is 340 g/mol. The van der Waals surface area contributed by atoms with Crippen molar-refractivity contribution < 1.29 is 9.53 Å². The molecule has 0 radical (unpaired) electrons. The lowest BCUT2D eigenvalue weighted by Gasteiger charge is -2.31. The minimum Gasteiger partial charge on any atom is -0.497 e. The third-order valence-corrected chi connectivity index (χ3v) is 4.57. The molecule has 0 aliphatic carbocycles. The summed E-state index contributed by atoms with van der Waals surface area (Å²) in [5.74, 6) is 1.73. The van der Waals surface area contributed by atoms with Gasteiger partial charge in [-0.15, -0.1) is 0 Å². The smallest absolute Gasteiger partial charge is 0.222 e. The van der Waals surface area contributed by atoms with E-state index < -0.39 is 0 Å². The van der Waals surface area contributed by atoms with Gasteiger partial charge >= 0.3 is 0 Å². The molecule has 1 heterocycles. The summed E-state index contributed by atoms with van der Waals surface area (Å²) >= 11 is 6.27. The average molecular weight is 367 g/mol. The molecule has 0 aromatic heterocycles. The zero-order chi connectivity index (χ0) is 18.2. The number of aliphatic imine (C=N–C) groups is 1. The second-order valence-corrected chi connectivity index (χ2v) is 6.53. The highest BCUT2D eigenvalue weighted by molar-refractivity contribution is 6.31. The quantitative estimate of drug-likeness (QED) is 0.597. The molecule has 1 fully saturated rings. The monoisotopic (exact) mass is 366 g/mol. The second-order valence-electron chi connectivity index (χ2n) is 6.12. The average Bonchev–Trinajstić information content (AvgIpc) is 2.59. The first-order valence-electron chi connectivity index (χ1n) is 8.64. The topological polar surface area (TPSA) is 66.0 Å². The summed E-state index contributed by atoms with van der Waals surface area (Å²) in [7, 11) is 3.46. The summed E-state index contributed by atoms with van der Waals surface area (Å²) in [6.45, 7) is 4.15. The Morgan fingerprint density at radius 2 is 2.28 bits per heavy atom. The maximum Gasteiger partial charge on any atom is 0.222 e. The normalized spacial score (nSPS) is 18.2. The van der Waals surface area contributed by atoms with E-state index in [0.29, 0.717) is 24.5 Å². The van der Waals surface area contributed by atoms with E-state index in [4.69, 9.17) is 16.3 Å². The van der Waals surface area contributed by atoms with Crippen molar-refractivity contribution in [2.75, 3.05) is 33.8 Å². The Balaban J connectivity index is 1.92. The van der Waals surface area contributed by atoms with Crippen molar-refractivity contribution in [2.45, 2.75) is 32.2 Å². The van der Waals surface area contributed by atoms with E-state index in [2.05, 4.69) is 15.6 Å². The highest BCUT2D eigenvalue weighted by Gasteiger charge is 2.23. The summed E-state index contributed by atoms with van der Waals surface area (Å²) in [4.78, 5) is 18.0. The lowest BCUT2D eigenvalue weighted by Crippen LogP contribution is -2.51. The lowest BCUT2D eigenvalue weighted by atomic mass is 10.1. The number of likely N-dealkylation sites (tertiary alicyclic amines) is 1. The van der Waals surface area contributed by atoms with Crippen molar-refractivity contribution in [1.29, 1.82) is 0 Å². The van der Waals surface area contributed by atoms with Crippen LogP contribution >= 0.6 is 11.6 Å². The standard InChI is InChI=1S/C18H27ClN4O2/c1-4-20-18(22-14-6-8-17(24)23(2)12-14)21-10-9-13-5-7-15(25-3)11-16(13)19/h5,7,11,14H,4,6,8-10,12H2,1-3H3,(H2,20,21,22). The van der Waals surface area contributed by atoms with E-state index in [1.54, 1.807) is 12.0 Å². The van der Waals surface area contributed by atoms with Crippen LogP contribution in [0.25, 0.3) is 0 Å². The van der Waals surface area contributed by atoms with Gasteiger partial charge in [-0.1, -0.05) is 17.7 Å². The number of carbonyl (C=O) groups is 1. The van der Waals surface area contributed by atoms with Gasteiger partial charge in [-0.3, -0.25) is 9.79 Å². The van der Waals surface area contributed by atoms with Crippen LogP contribution in [-0.2, 0) is 11.2 Å². The maximum atomic E-state index is 11.6. The molecule has 0 saturated carbocycles. The zero-order valence-corrected chi connectivity index (χ0v) is 15.9. The number of methoxy groups -OCH3 is 1. The summed E-state index contributed by atoms with van der Waals surface area (Å²) in [5.41, 5.74) is 1.05. The number of likely N-dealkylation sites (N-methyl/N-ethyl adjacent to an activating group) is 1. The van der Waals surface area contributed by atoms with Gasteiger partial charge in [0, 0.05) is 44.2 Å². The van der Waals surface area contributed by atoms with Crippen molar-refractivity contribution in [1.82, 2.24) is 15.5 Å². The number of ether oxygens (including phenoxy) is 1. The third kappa shape index (κ3) is 5.81. The van der Waals surface area contributed by atoms with E-state index in [9.17, 15) is 4.79 Å². The Bertz CT molecular complexity index is 621. The second kappa shape index (κ2) is 9.51. The summed E-state index contributed by atoms with van der Waals surface area (Å²) in [6, 6.07) is 5.92. The molecule has 2 rings (SSSR count). The largest absolute Gasteiger partial charge is 0.497 e. The molecule has 1 aliphatic heterocycles. The molecule has 0 spiro atoms. The number of hydrogen-bond donors (Lipinski definition) is 2. The Morgan fingerprint density at radius 1 is 1.48 bits per heavy atom. The molecule has 138 valence electrons. The first kappa shape index (κ1) is 19.4. The van der Waals surface area contributed by atoms with E-state index in [-0.39, 0.29) is 11.9 Å². The number of rotatable bonds is 6. The van der Waals surface area contributed by atoms with Gasteiger partial charge in [-0.25, -0.2) is 0 Å². The summed E-state index contributed by atoms with van der Waals surface area (Å²) < 4.78 is 5.17. The molecule has 25 heavy (non-hydrogen) atoms. The number of nitrogens with zero attached hydrogens (tertiary/aromatic N) is 2. The number of hydrogen-bond acceptors (Lipinski definition) is 3. The van der Waals surface area contributed by atoms with E-state index >= 15 is 0 Å². The molecule has 7 heteroatoms. The molecule has 1 aromatic rings. The first-order chi connectivity index (χ1) is 12.0. The Hall–Kier alpha value is -1.95. The van der Waals surface area contributed by atoms with Crippen molar-refractivity contribution in [3.05, 3.63) is 28.8 Å². The first-order valence-corrected chi connectivity index (χ1v) is 9.02. The number of nitrogens with one attached hydrogen (secondary N) is 2. The van der Waals surface area contributed by atoms with Crippen LogP contribution in [0.2, 0.25) is 5.02 Å². The van der Waals surface area contributed by atoms with Crippen LogP contribution in [-0.4, -0.2) is 56.6 Å². The van der Waals surface area contributed by atoms with Gasteiger partial charge in [-0.05, 0) is 37.5 Å². The van der Waals surface area contributed by atoms with Gasteiger partial charge in [0.1, 0.15) is 5.75 Å². The molecule has 1 unspecified atom stereocenters. The minimum atomic E-state index is 0.203. The van der Waals surface area contributed by atoms with Crippen LogP contribution in [0.1, 0.15) is 25.3 Å². The fraction of sp³-hybridized carbons (Fsp3) is 0.556. The number of amides is 1. The van der Waals surface area contributed by atoms with Gasteiger partial charge < -0.3 is 20.3 Å². The van der Waals surface area contributed by atoms with Crippen LogP contribution in [0, 0.1) is 0 Å². The number of benzene rings is 1. The van der Waals surface area contributed by atoms with Gasteiger partial charge in [0.2, 0.25) is 5.91 Å². The van der Waals surface area contributed by atoms with Crippen LogP contribution in [0.3, 0.4) is 0 Å². The molecule has 0 bridgehead atoms. The fourth-order valence-corrected chi connectivity index (χ4v) is 3.05. The van der Waals surface area contributed by atoms with Crippen molar-refractivity contribution in [2.24, 2.45) is 4.99 Å². The van der Waals surface area contributed by atoms with Crippen LogP contribution in [0.15, 0.2) is 23.2 Å². The highest BCUT2D eigenvalue weighted by atomic mass is 35.5. The molecule has 1 aliphatic rings. The van der Waals surface area contributed by atoms with Gasteiger partial charge in [0.05, 0.1) is 7.11 Å². The summed E-state index contributed by atoms with van der Waals surface area (Å²) in [6.07, 6.45) is 2.16. The van der Waals surface area contributed by atoms with Crippen LogP contribution < -0.4 is 15.4 Å². The molecule has 1 aromatic carbocycles. The van der Waals surface area contributed by atoms with Crippen molar-refractivity contribution in [3.63, 3.8) is 0 Å². The van der Waals surface area contributed by atoms with Gasteiger partial charge in [0.25, 0.3) is 0 Å². The SMILES string of the molecule is CCNC(=NCCc1ccc(OC)cc1Cl)NC1CCC(=O)N(C)C1. The van der Waals surface area contributed by atoms with Gasteiger partial charge in [0.15, 0.2) is 5.96 Å². The van der Waals surface area contributed by atoms with Crippen molar-refractivity contribution >= 4 is 23.5 Å². The minimum absolute atomic E-state index is 0.203. The molecule has 2 N–H and O–H groups in total. The fourth-order valence-electron chi connectivity index (χ4n) is 2.79. The predicted octanol–water partition coefficient (Wildman–Crippen LogP) is 2.07. The lowest BCUT2D eigenvalue weighted by molar-refractivity contribution is -0.132. The number of halogens is 1. The van der Waals surface area contributed by atoms with Gasteiger partial charge in [-0.2, -0.15) is 0 Å². The third-order valence-electron chi connectivity index (χ3n) is 4.22. The predicted molar refractivity (Wildman–Crippen MR) is 101 cm³/mol. The van der Waals surface area contributed by atoms with Crippen LogP contribution in [0.5, 0.6) is 5.75 Å². The number of guanidine groups is 1. The maximum absolute atomic E-state index is 11.6. The molecule has 1 atom stereocenters. The zero-order valence-electron chi connectivity index (χ0n) is 15.1. The van der Waals surface area contributed by atoms with Crippen molar-refractivity contribution in [3.8, 4) is 5.75 Å². The van der Waals surface area contributed by atoms with E-state index in [1.165, 1.54) is 0 Å². The van der Waals surface area contributed by atoms with E-state index in [0.717, 1.165) is 36.7 Å². The summed E-state index contributed by atoms with van der Waals surface area (Å²) in [5, 5.41) is 7.37. The molecule has 1 saturated heterocycles. The van der Waals surface area contributed by atoms with Crippen LogP contribution in [0.4, 0.5) is 0 Å². The van der Waals surface area contributed by atoms with E-state index in [1.807, 2.05) is 32.2 Å². The molecule has 1 amide bonds.